The fourth-order valence-corrected chi connectivity index (χ4v) is 6.70. The molecule has 250 valence electrons. The third-order valence-electron chi connectivity index (χ3n) is 7.25. The Labute approximate surface area is 282 Å². The zero-order chi connectivity index (χ0) is 34.6. The molecular weight excluding hydrogens is 663 g/mol. The van der Waals surface area contributed by atoms with Crippen LogP contribution in [-0.4, -0.2) is 79.8 Å². The Hall–Kier alpha value is -5.22. The van der Waals surface area contributed by atoms with Gasteiger partial charge in [0.1, 0.15) is 29.4 Å². The van der Waals surface area contributed by atoms with Gasteiger partial charge in [-0.25, -0.2) is 14.6 Å². The second kappa shape index (κ2) is 14.3. The summed E-state index contributed by atoms with van der Waals surface area (Å²) in [6.07, 6.45) is -0.757. The molecule has 4 N–H and O–H groups in total. The summed E-state index contributed by atoms with van der Waals surface area (Å²) in [5.74, 6) is -4.16. The van der Waals surface area contributed by atoms with Crippen molar-refractivity contribution in [2.75, 3.05) is 18.1 Å². The zero-order valence-electron chi connectivity index (χ0n) is 25.9. The molecule has 1 fully saturated rings. The minimum absolute atomic E-state index is 0.0281. The number of β-lactam (4-membered cyclic amide) rings is 1. The number of amides is 2. The molecule has 1 aromatic heterocycles. The molecular formula is C32H31N5O9S2. The van der Waals surface area contributed by atoms with Crippen molar-refractivity contribution >= 4 is 63.7 Å². The van der Waals surface area contributed by atoms with Crippen molar-refractivity contribution in [3.8, 4) is 0 Å². The van der Waals surface area contributed by atoms with Gasteiger partial charge in [-0.15, -0.1) is 23.1 Å². The number of hydrogen-bond acceptors (Lipinski definition) is 13. The number of nitrogens with one attached hydrogen (secondary N) is 1. The highest BCUT2D eigenvalue weighted by atomic mass is 32.2. The largest absolute Gasteiger partial charge is 0.477 e. The lowest BCUT2D eigenvalue weighted by atomic mass is 10.0. The number of thioether (sulfide) groups is 1. The summed E-state index contributed by atoms with van der Waals surface area (Å²) in [7, 11) is 0. The second-order valence-corrected chi connectivity index (χ2v) is 13.1. The fraction of sp³-hybridized carbons (Fsp3) is 0.281. The van der Waals surface area contributed by atoms with E-state index in [2.05, 4.69) is 15.5 Å². The number of fused-ring (bicyclic) bond motifs is 1. The van der Waals surface area contributed by atoms with Gasteiger partial charge in [-0.1, -0.05) is 65.8 Å². The maximum atomic E-state index is 13.6. The molecule has 0 radical (unpaired) electrons. The number of aliphatic carboxylic acids is 1. The van der Waals surface area contributed by atoms with Crippen LogP contribution in [0, 0.1) is 0 Å². The molecule has 16 heteroatoms. The number of hydrogen-bond donors (Lipinski definition) is 3. The van der Waals surface area contributed by atoms with Crippen LogP contribution in [0.5, 0.6) is 0 Å². The number of oxime groups is 1. The number of nitrogens with two attached hydrogens (primary N) is 1. The van der Waals surface area contributed by atoms with Gasteiger partial charge in [-0.2, -0.15) is 0 Å². The minimum Gasteiger partial charge on any atom is -0.477 e. The van der Waals surface area contributed by atoms with Gasteiger partial charge in [0.05, 0.1) is 0 Å². The minimum atomic E-state index is -1.70. The number of aromatic nitrogens is 1. The smallest absolute Gasteiger partial charge is 0.353 e. The predicted octanol–water partition coefficient (Wildman–Crippen LogP) is 2.86. The Morgan fingerprint density at radius 1 is 1.10 bits per heavy atom. The van der Waals surface area contributed by atoms with Gasteiger partial charge in [-0.3, -0.25) is 19.3 Å². The van der Waals surface area contributed by atoms with Crippen molar-refractivity contribution in [1.82, 2.24) is 15.2 Å². The first-order valence-electron chi connectivity index (χ1n) is 14.5. The van der Waals surface area contributed by atoms with E-state index < -0.39 is 52.8 Å². The molecule has 2 aromatic carbocycles. The fourth-order valence-electron chi connectivity index (χ4n) is 4.82. The number of nitrogens with zero attached hydrogens (tertiary/aromatic N) is 3. The van der Waals surface area contributed by atoms with E-state index in [0.717, 1.165) is 27.4 Å². The molecule has 14 nitrogen and oxygen atoms in total. The maximum Gasteiger partial charge on any atom is 0.353 e. The highest BCUT2D eigenvalue weighted by molar-refractivity contribution is 8.00. The Bertz CT molecular complexity index is 1750. The molecule has 3 aromatic rings. The molecule has 48 heavy (non-hydrogen) atoms. The van der Waals surface area contributed by atoms with E-state index in [-0.39, 0.29) is 40.2 Å². The van der Waals surface area contributed by atoms with E-state index in [9.17, 15) is 29.1 Å². The summed E-state index contributed by atoms with van der Waals surface area (Å²) in [6.45, 7) is 3.76. The van der Waals surface area contributed by atoms with Crippen LogP contribution in [0.4, 0.5) is 5.13 Å². The number of benzene rings is 2. The van der Waals surface area contributed by atoms with E-state index in [1.54, 1.807) is 0 Å². The average molecular weight is 694 g/mol. The van der Waals surface area contributed by atoms with Crippen LogP contribution < -0.4 is 11.1 Å². The van der Waals surface area contributed by atoms with Gasteiger partial charge in [0.2, 0.25) is 5.60 Å². The lowest BCUT2D eigenvalue weighted by Gasteiger charge is -2.49. The van der Waals surface area contributed by atoms with Gasteiger partial charge in [0.15, 0.2) is 16.9 Å². The third-order valence-corrected chi connectivity index (χ3v) is 9.27. The van der Waals surface area contributed by atoms with E-state index in [0.29, 0.717) is 0 Å². The number of thiazole rings is 1. The molecule has 0 spiro atoms. The van der Waals surface area contributed by atoms with Gasteiger partial charge in [0, 0.05) is 23.6 Å². The number of nitrogen functional groups attached to an aromatic ring is 1. The molecule has 5 rings (SSSR count). The third kappa shape index (κ3) is 7.34. The van der Waals surface area contributed by atoms with Gasteiger partial charge < -0.3 is 30.5 Å². The van der Waals surface area contributed by atoms with Gasteiger partial charge in [0.25, 0.3) is 11.8 Å². The van der Waals surface area contributed by atoms with Crippen LogP contribution in [0.1, 0.15) is 43.7 Å². The zero-order valence-corrected chi connectivity index (χ0v) is 27.6. The number of ether oxygens (including phenoxy) is 2. The lowest BCUT2D eigenvalue weighted by Crippen LogP contribution is -2.71. The topological polar surface area (TPSA) is 200 Å². The number of carboxylic acids is 1. The first-order valence-corrected chi connectivity index (χ1v) is 16.4. The quantitative estimate of drug-likeness (QED) is 0.109. The van der Waals surface area contributed by atoms with Crippen LogP contribution in [-0.2, 0) is 38.3 Å². The Morgan fingerprint density at radius 3 is 2.27 bits per heavy atom. The van der Waals surface area contributed by atoms with Crippen LogP contribution in [0.2, 0.25) is 0 Å². The van der Waals surface area contributed by atoms with Gasteiger partial charge >= 0.3 is 17.9 Å². The Balaban J connectivity index is 1.34. The predicted molar refractivity (Wildman–Crippen MR) is 175 cm³/mol. The molecule has 0 saturated carbocycles. The monoisotopic (exact) mass is 693 g/mol. The standard InChI is InChI=1S/C32H31N5O9S2/c1-17(38)44-14-20-15-47-28-23(27(40)37(28)24(20)29(41)42)35-26(39)22(21-16-48-31(33)34-21)36-46-32(2,3)30(43)45-25(18-10-6-4-7-11-18)19-12-8-5-9-13-19/h4-13,16,23,25,28H,14-15H2,1-3H3,(H2,33,34)(H,35,39)(H,41,42)/b36-22-/t23-,28-/m0/s1. The molecule has 1 saturated heterocycles. The van der Waals surface area contributed by atoms with Crippen LogP contribution in [0.15, 0.2) is 82.5 Å². The van der Waals surface area contributed by atoms with Crippen LogP contribution in [0.3, 0.4) is 0 Å². The maximum absolute atomic E-state index is 13.6. The summed E-state index contributed by atoms with van der Waals surface area (Å²) >= 11 is 2.23. The summed E-state index contributed by atoms with van der Waals surface area (Å²) < 4.78 is 10.9. The van der Waals surface area contributed by atoms with E-state index in [4.69, 9.17) is 20.0 Å². The molecule has 3 heterocycles. The van der Waals surface area contributed by atoms with Crippen molar-refractivity contribution in [3.05, 3.63) is 94.1 Å². The first-order chi connectivity index (χ1) is 22.9. The Kier molecular flexibility index (Phi) is 10.1. The molecule has 0 bridgehead atoms. The molecule has 2 amide bonds. The van der Waals surface area contributed by atoms with Crippen LogP contribution >= 0.6 is 23.1 Å². The van der Waals surface area contributed by atoms with Crippen molar-refractivity contribution in [1.29, 1.82) is 0 Å². The number of anilines is 1. The number of carbonyl (C=O) groups excluding carboxylic acids is 4. The molecule has 2 aliphatic rings. The number of carbonyl (C=O) groups is 5. The highest BCUT2D eigenvalue weighted by Crippen LogP contribution is 2.40. The lowest BCUT2D eigenvalue weighted by molar-refractivity contribution is -0.172. The number of rotatable bonds is 12. The van der Waals surface area contributed by atoms with Crippen molar-refractivity contribution in [3.63, 3.8) is 0 Å². The normalized spacial score (nSPS) is 17.7. The number of esters is 2. The first kappa shape index (κ1) is 34.1. The van der Waals surface area contributed by atoms with E-state index >= 15 is 0 Å². The molecule has 2 aliphatic heterocycles. The average Bonchev–Trinajstić information content (AvgIpc) is 3.50. The summed E-state index contributed by atoms with van der Waals surface area (Å²) in [6, 6.07) is 17.2. The Morgan fingerprint density at radius 2 is 1.73 bits per heavy atom. The van der Waals surface area contributed by atoms with Crippen molar-refractivity contribution in [2.45, 2.75) is 43.9 Å². The number of carboxylic acid groups (broad SMARTS) is 1. The second-order valence-electron chi connectivity index (χ2n) is 11.1. The van der Waals surface area contributed by atoms with Crippen LogP contribution in [0.25, 0.3) is 0 Å². The van der Waals surface area contributed by atoms with Crippen molar-refractivity contribution in [2.24, 2.45) is 5.16 Å². The summed E-state index contributed by atoms with van der Waals surface area (Å²) in [4.78, 5) is 74.4. The molecule has 0 aliphatic carbocycles. The summed E-state index contributed by atoms with van der Waals surface area (Å²) in [5, 5.41) is 17.2. The summed E-state index contributed by atoms with van der Waals surface area (Å²) in [5.41, 5.74) is 5.18. The van der Waals surface area contributed by atoms with E-state index in [1.165, 1.54) is 37.9 Å². The molecule has 2 atom stereocenters. The molecule has 0 unspecified atom stereocenters. The van der Waals surface area contributed by atoms with Crippen molar-refractivity contribution < 1.29 is 43.4 Å². The highest BCUT2D eigenvalue weighted by Gasteiger charge is 2.54. The SMILES string of the molecule is CC(=O)OCC1=C(C(=O)O)N2C(=O)[C@H](NC(=O)/C(=N\OC(C)(C)C(=O)OC(c3ccccc3)c3ccccc3)c3csc(N)n3)[C@@H]2SC1. The van der Waals surface area contributed by atoms with Gasteiger partial charge in [-0.05, 0) is 25.0 Å². The van der Waals surface area contributed by atoms with E-state index in [1.807, 2.05) is 60.7 Å².